The van der Waals surface area contributed by atoms with Crippen molar-refractivity contribution in [3.63, 3.8) is 0 Å². The summed E-state index contributed by atoms with van der Waals surface area (Å²) in [6, 6.07) is 9.44. The van der Waals surface area contributed by atoms with Gasteiger partial charge in [0.2, 0.25) is 0 Å². The third kappa shape index (κ3) is 1.98. The third-order valence-corrected chi connectivity index (χ3v) is 3.41. The van der Waals surface area contributed by atoms with Crippen molar-refractivity contribution < 1.29 is 4.79 Å². The summed E-state index contributed by atoms with van der Waals surface area (Å²) in [5.41, 5.74) is 1.27. The van der Waals surface area contributed by atoms with Gasteiger partial charge in [-0.1, -0.05) is 23.5 Å². The number of hydrogen-bond donors (Lipinski definition) is 1. The lowest BCUT2D eigenvalue weighted by atomic mass is 10.3. The van der Waals surface area contributed by atoms with Crippen LogP contribution in [0.3, 0.4) is 0 Å². The number of aromatic nitrogens is 3. The maximum absolute atomic E-state index is 11.9. The lowest BCUT2D eigenvalue weighted by Crippen LogP contribution is -2.12. The van der Waals surface area contributed by atoms with Crippen molar-refractivity contribution in [1.29, 1.82) is 0 Å². The lowest BCUT2D eigenvalue weighted by molar-refractivity contribution is 0.102. The van der Waals surface area contributed by atoms with E-state index in [-0.39, 0.29) is 5.91 Å². The molecule has 0 saturated heterocycles. The molecule has 2 heterocycles. The van der Waals surface area contributed by atoms with Gasteiger partial charge in [0.05, 0.1) is 10.2 Å². The summed E-state index contributed by atoms with van der Waals surface area (Å²) in [5.74, 6) is -0.241. The van der Waals surface area contributed by atoms with Gasteiger partial charge in [-0.2, -0.15) is 5.10 Å². The molecule has 1 N–H and O–H groups in total. The van der Waals surface area contributed by atoms with Crippen LogP contribution in [0, 0.1) is 0 Å². The number of rotatable bonds is 2. The van der Waals surface area contributed by atoms with Gasteiger partial charge >= 0.3 is 0 Å². The molecule has 18 heavy (non-hydrogen) atoms. The number of thiazole rings is 1. The van der Waals surface area contributed by atoms with Crippen LogP contribution >= 0.6 is 11.3 Å². The molecule has 0 bridgehead atoms. The number of nitrogens with one attached hydrogen (secondary N) is 1. The maximum atomic E-state index is 11.9. The molecular formula is C12H10N4OS. The molecular weight excluding hydrogens is 248 g/mol. The van der Waals surface area contributed by atoms with E-state index >= 15 is 0 Å². The SMILES string of the molecule is Cn1ccc(C(=O)Nc2nc3ccccc3s2)n1. The van der Waals surface area contributed by atoms with Crippen molar-refractivity contribution >= 4 is 32.6 Å². The van der Waals surface area contributed by atoms with Crippen LogP contribution in [-0.4, -0.2) is 20.7 Å². The first-order chi connectivity index (χ1) is 8.72. The molecule has 3 aromatic rings. The lowest BCUT2D eigenvalue weighted by Gasteiger charge is -1.96. The molecule has 0 aliphatic carbocycles. The molecule has 0 aliphatic heterocycles. The third-order valence-electron chi connectivity index (χ3n) is 2.46. The van der Waals surface area contributed by atoms with Crippen LogP contribution in [0.4, 0.5) is 5.13 Å². The fourth-order valence-corrected chi connectivity index (χ4v) is 2.48. The topological polar surface area (TPSA) is 59.8 Å². The number of aryl methyl sites for hydroxylation is 1. The Labute approximate surface area is 107 Å². The van der Waals surface area contributed by atoms with Crippen molar-refractivity contribution in [1.82, 2.24) is 14.8 Å². The Hall–Kier alpha value is -2.21. The van der Waals surface area contributed by atoms with E-state index in [1.54, 1.807) is 24.0 Å². The predicted molar refractivity (Wildman–Crippen MR) is 70.8 cm³/mol. The van der Waals surface area contributed by atoms with Gasteiger partial charge < -0.3 is 0 Å². The smallest absolute Gasteiger partial charge is 0.277 e. The van der Waals surface area contributed by atoms with Crippen LogP contribution in [0.1, 0.15) is 10.5 Å². The van der Waals surface area contributed by atoms with Crippen molar-refractivity contribution in [2.45, 2.75) is 0 Å². The van der Waals surface area contributed by atoms with E-state index in [0.29, 0.717) is 10.8 Å². The number of fused-ring (bicyclic) bond motifs is 1. The molecule has 0 spiro atoms. The summed E-state index contributed by atoms with van der Waals surface area (Å²) in [7, 11) is 1.77. The molecule has 90 valence electrons. The van der Waals surface area contributed by atoms with Crippen LogP contribution in [0.2, 0.25) is 0 Å². The zero-order chi connectivity index (χ0) is 12.5. The summed E-state index contributed by atoms with van der Waals surface area (Å²) in [6.07, 6.45) is 1.73. The Balaban J connectivity index is 1.86. The number of benzene rings is 1. The predicted octanol–water partition coefficient (Wildman–Crippen LogP) is 2.28. The van der Waals surface area contributed by atoms with Gasteiger partial charge in [-0.25, -0.2) is 4.98 Å². The standard InChI is InChI=1S/C12H10N4OS/c1-16-7-6-9(15-16)11(17)14-12-13-8-4-2-3-5-10(8)18-12/h2-7H,1H3,(H,13,14,17). The molecule has 3 rings (SSSR count). The Morgan fingerprint density at radius 1 is 1.33 bits per heavy atom. The first kappa shape index (κ1) is 10.9. The summed E-state index contributed by atoms with van der Waals surface area (Å²) in [4.78, 5) is 16.2. The largest absolute Gasteiger partial charge is 0.296 e. The molecule has 0 fully saturated rings. The second kappa shape index (κ2) is 4.23. The van der Waals surface area contributed by atoms with Gasteiger partial charge in [-0.05, 0) is 18.2 Å². The van der Waals surface area contributed by atoms with Crippen LogP contribution in [0.5, 0.6) is 0 Å². The molecule has 1 aromatic carbocycles. The Kier molecular flexibility index (Phi) is 2.56. The monoisotopic (exact) mass is 258 g/mol. The van der Waals surface area contributed by atoms with E-state index in [4.69, 9.17) is 0 Å². The first-order valence-electron chi connectivity index (χ1n) is 5.39. The number of nitrogens with zero attached hydrogens (tertiary/aromatic N) is 3. The maximum Gasteiger partial charge on any atom is 0.277 e. The fraction of sp³-hybridized carbons (Fsp3) is 0.0833. The van der Waals surface area contributed by atoms with Crippen LogP contribution in [-0.2, 0) is 7.05 Å². The number of hydrogen-bond acceptors (Lipinski definition) is 4. The van der Waals surface area contributed by atoms with Crippen molar-refractivity contribution in [2.24, 2.45) is 7.05 Å². The number of carbonyl (C=O) groups is 1. The average molecular weight is 258 g/mol. The molecule has 0 unspecified atom stereocenters. The second-order valence-corrected chi connectivity index (χ2v) is 4.85. The zero-order valence-corrected chi connectivity index (χ0v) is 10.4. The molecule has 0 saturated carbocycles. The minimum atomic E-state index is -0.241. The van der Waals surface area contributed by atoms with E-state index in [0.717, 1.165) is 10.2 Å². The Morgan fingerprint density at radius 2 is 2.17 bits per heavy atom. The number of para-hydroxylation sites is 1. The van der Waals surface area contributed by atoms with E-state index in [1.165, 1.54) is 11.3 Å². The second-order valence-electron chi connectivity index (χ2n) is 3.82. The molecule has 0 aliphatic rings. The van der Waals surface area contributed by atoms with E-state index < -0.39 is 0 Å². The van der Waals surface area contributed by atoms with Gasteiger partial charge in [0.15, 0.2) is 10.8 Å². The van der Waals surface area contributed by atoms with Gasteiger partial charge in [-0.3, -0.25) is 14.8 Å². The van der Waals surface area contributed by atoms with E-state index in [2.05, 4.69) is 15.4 Å². The fourth-order valence-electron chi connectivity index (χ4n) is 1.62. The molecule has 6 heteroatoms. The highest BCUT2D eigenvalue weighted by molar-refractivity contribution is 7.22. The van der Waals surface area contributed by atoms with Crippen molar-refractivity contribution in [3.8, 4) is 0 Å². The van der Waals surface area contributed by atoms with Crippen LogP contribution in [0.25, 0.3) is 10.2 Å². The molecule has 1 amide bonds. The highest BCUT2D eigenvalue weighted by Gasteiger charge is 2.11. The number of anilines is 1. The summed E-state index contributed by atoms with van der Waals surface area (Å²) in [5, 5.41) is 7.39. The minimum absolute atomic E-state index is 0.241. The van der Waals surface area contributed by atoms with E-state index in [9.17, 15) is 4.79 Å². The average Bonchev–Trinajstić information content (AvgIpc) is 2.94. The zero-order valence-electron chi connectivity index (χ0n) is 9.62. The Morgan fingerprint density at radius 3 is 2.89 bits per heavy atom. The molecule has 0 radical (unpaired) electrons. The normalized spacial score (nSPS) is 10.7. The van der Waals surface area contributed by atoms with Gasteiger partial charge in [0.1, 0.15) is 0 Å². The summed E-state index contributed by atoms with van der Waals surface area (Å²) >= 11 is 1.45. The minimum Gasteiger partial charge on any atom is -0.296 e. The van der Waals surface area contributed by atoms with Crippen molar-refractivity contribution in [3.05, 3.63) is 42.2 Å². The summed E-state index contributed by atoms with van der Waals surface area (Å²) in [6.45, 7) is 0. The highest BCUT2D eigenvalue weighted by atomic mass is 32.1. The molecule has 5 nitrogen and oxygen atoms in total. The van der Waals surface area contributed by atoms with Gasteiger partial charge in [0.25, 0.3) is 5.91 Å². The molecule has 2 aromatic heterocycles. The Bertz CT molecular complexity index is 683. The van der Waals surface area contributed by atoms with Crippen LogP contribution < -0.4 is 5.32 Å². The van der Waals surface area contributed by atoms with Gasteiger partial charge in [0, 0.05) is 13.2 Å². The van der Waals surface area contributed by atoms with Crippen LogP contribution in [0.15, 0.2) is 36.5 Å². The first-order valence-corrected chi connectivity index (χ1v) is 6.20. The van der Waals surface area contributed by atoms with E-state index in [1.807, 2.05) is 24.3 Å². The number of amides is 1. The summed E-state index contributed by atoms with van der Waals surface area (Å²) < 4.78 is 2.64. The quantitative estimate of drug-likeness (QED) is 0.767. The molecule has 0 atom stereocenters. The van der Waals surface area contributed by atoms with Gasteiger partial charge in [-0.15, -0.1) is 0 Å². The van der Waals surface area contributed by atoms with Crippen molar-refractivity contribution in [2.75, 3.05) is 5.32 Å². The number of carbonyl (C=O) groups excluding carboxylic acids is 1. The highest BCUT2D eigenvalue weighted by Crippen LogP contribution is 2.25.